The van der Waals surface area contributed by atoms with Gasteiger partial charge < -0.3 is 10.1 Å². The molecule has 0 amide bonds. The molecule has 22 heavy (non-hydrogen) atoms. The second-order valence-electron chi connectivity index (χ2n) is 6.28. The average molecular weight is 294 g/mol. The third-order valence-electron chi connectivity index (χ3n) is 5.00. The smallest absolute Gasteiger partial charge is 0.0895 e. The van der Waals surface area contributed by atoms with Gasteiger partial charge in [0.1, 0.15) is 0 Å². The van der Waals surface area contributed by atoms with E-state index in [1.54, 1.807) is 0 Å². The van der Waals surface area contributed by atoms with Gasteiger partial charge in [0.25, 0.3) is 0 Å². The van der Waals surface area contributed by atoms with E-state index < -0.39 is 0 Å². The van der Waals surface area contributed by atoms with Crippen molar-refractivity contribution in [3.8, 4) is 0 Å². The van der Waals surface area contributed by atoms with Crippen molar-refractivity contribution in [3.63, 3.8) is 0 Å². The number of rotatable bonds is 2. The Bertz CT molecular complexity index is 656. The van der Waals surface area contributed by atoms with E-state index in [0.29, 0.717) is 12.0 Å². The molecule has 2 aliphatic rings. The molecule has 3 atom stereocenters. The molecule has 0 radical (unpaired) electrons. The average Bonchev–Trinajstić information content (AvgIpc) is 2.61. The molecule has 1 fully saturated rings. The molecule has 1 saturated heterocycles. The Kier molecular flexibility index (Phi) is 3.59. The van der Waals surface area contributed by atoms with Crippen LogP contribution in [0.1, 0.15) is 48.6 Å². The van der Waals surface area contributed by atoms with Crippen LogP contribution in [0.3, 0.4) is 0 Å². The molecule has 3 nitrogen and oxygen atoms in total. The Labute approximate surface area is 131 Å². The standard InChI is InChI=1S/C19H22N2O/c1-2-13-5-6-17-16(12-13)19-15(4-3-11-22-19)18(21-17)14-7-9-20-10-8-14/h5-10,12,15,18-19,21H,2-4,11H2,1H3/t15-,18+,19-/m0/s1. The Morgan fingerprint density at radius 1 is 1.23 bits per heavy atom. The van der Waals surface area contributed by atoms with Crippen molar-refractivity contribution in [1.82, 2.24) is 4.98 Å². The van der Waals surface area contributed by atoms with Crippen molar-refractivity contribution in [2.24, 2.45) is 5.92 Å². The van der Waals surface area contributed by atoms with E-state index in [9.17, 15) is 0 Å². The summed E-state index contributed by atoms with van der Waals surface area (Å²) in [6, 6.07) is 11.3. The predicted octanol–water partition coefficient (Wildman–Crippen LogP) is 4.28. The fraction of sp³-hybridized carbons (Fsp3) is 0.421. The van der Waals surface area contributed by atoms with Crippen molar-refractivity contribution >= 4 is 5.69 Å². The number of nitrogens with zero attached hydrogens (tertiary/aromatic N) is 1. The normalized spacial score (nSPS) is 26.7. The molecule has 3 heteroatoms. The van der Waals surface area contributed by atoms with Gasteiger partial charge in [0.05, 0.1) is 12.1 Å². The van der Waals surface area contributed by atoms with Crippen molar-refractivity contribution in [2.75, 3.05) is 11.9 Å². The van der Waals surface area contributed by atoms with E-state index in [1.807, 2.05) is 12.4 Å². The molecule has 0 aliphatic carbocycles. The summed E-state index contributed by atoms with van der Waals surface area (Å²) in [6.45, 7) is 3.08. The van der Waals surface area contributed by atoms with Gasteiger partial charge in [-0.3, -0.25) is 4.98 Å². The topological polar surface area (TPSA) is 34.1 Å². The summed E-state index contributed by atoms with van der Waals surface area (Å²) in [6.07, 6.45) is 7.40. The highest BCUT2D eigenvalue weighted by atomic mass is 16.5. The number of nitrogens with one attached hydrogen (secondary N) is 1. The first kappa shape index (κ1) is 13.8. The second-order valence-corrected chi connectivity index (χ2v) is 6.28. The maximum Gasteiger partial charge on any atom is 0.0895 e. The van der Waals surface area contributed by atoms with Crippen LogP contribution in [-0.4, -0.2) is 11.6 Å². The molecule has 3 heterocycles. The van der Waals surface area contributed by atoms with Crippen LogP contribution in [0.15, 0.2) is 42.7 Å². The first-order valence-corrected chi connectivity index (χ1v) is 8.27. The summed E-state index contributed by atoms with van der Waals surface area (Å²) in [5.74, 6) is 0.496. The number of pyridine rings is 1. The minimum atomic E-state index is 0.217. The quantitative estimate of drug-likeness (QED) is 0.897. The summed E-state index contributed by atoms with van der Waals surface area (Å²) in [5, 5.41) is 3.76. The number of aryl methyl sites for hydroxylation is 1. The van der Waals surface area contributed by atoms with E-state index in [2.05, 4.69) is 47.6 Å². The fourth-order valence-corrected chi connectivity index (χ4v) is 3.84. The van der Waals surface area contributed by atoms with Gasteiger partial charge in [-0.2, -0.15) is 0 Å². The summed E-state index contributed by atoms with van der Waals surface area (Å²) in [4.78, 5) is 4.15. The minimum Gasteiger partial charge on any atom is -0.378 e. The predicted molar refractivity (Wildman–Crippen MR) is 87.8 cm³/mol. The lowest BCUT2D eigenvalue weighted by Gasteiger charge is -2.43. The monoisotopic (exact) mass is 294 g/mol. The number of hydrogen-bond acceptors (Lipinski definition) is 3. The van der Waals surface area contributed by atoms with Crippen molar-refractivity contribution in [2.45, 2.75) is 38.3 Å². The molecule has 2 aromatic rings. The summed E-state index contributed by atoms with van der Waals surface area (Å²) in [5.41, 5.74) is 5.26. The molecule has 1 aromatic heterocycles. The Balaban J connectivity index is 1.77. The van der Waals surface area contributed by atoms with E-state index in [0.717, 1.165) is 19.4 Å². The van der Waals surface area contributed by atoms with Crippen LogP contribution in [0, 0.1) is 5.92 Å². The van der Waals surface area contributed by atoms with Crippen LogP contribution in [0.25, 0.3) is 0 Å². The zero-order valence-corrected chi connectivity index (χ0v) is 13.0. The Morgan fingerprint density at radius 3 is 2.91 bits per heavy atom. The molecule has 0 unspecified atom stereocenters. The highest BCUT2D eigenvalue weighted by Crippen LogP contribution is 2.49. The number of benzene rings is 1. The van der Waals surface area contributed by atoms with Gasteiger partial charge in [-0.15, -0.1) is 0 Å². The van der Waals surface area contributed by atoms with E-state index >= 15 is 0 Å². The van der Waals surface area contributed by atoms with Crippen LogP contribution in [0.2, 0.25) is 0 Å². The second kappa shape index (κ2) is 5.73. The molecule has 4 rings (SSSR count). The van der Waals surface area contributed by atoms with Crippen molar-refractivity contribution in [1.29, 1.82) is 0 Å². The fourth-order valence-electron chi connectivity index (χ4n) is 3.84. The third-order valence-corrected chi connectivity index (χ3v) is 5.00. The number of fused-ring (bicyclic) bond motifs is 3. The zero-order valence-electron chi connectivity index (χ0n) is 13.0. The van der Waals surface area contributed by atoms with Gasteiger partial charge in [0, 0.05) is 36.2 Å². The van der Waals surface area contributed by atoms with Crippen LogP contribution >= 0.6 is 0 Å². The largest absolute Gasteiger partial charge is 0.378 e. The van der Waals surface area contributed by atoms with E-state index in [1.165, 1.54) is 28.8 Å². The summed E-state index contributed by atoms with van der Waals surface area (Å²) in [7, 11) is 0. The van der Waals surface area contributed by atoms with Crippen LogP contribution < -0.4 is 5.32 Å². The van der Waals surface area contributed by atoms with Gasteiger partial charge in [-0.05, 0) is 48.6 Å². The molecule has 2 aliphatic heterocycles. The van der Waals surface area contributed by atoms with Gasteiger partial charge in [0.2, 0.25) is 0 Å². The van der Waals surface area contributed by atoms with E-state index in [4.69, 9.17) is 4.74 Å². The molecule has 0 saturated carbocycles. The summed E-state index contributed by atoms with van der Waals surface area (Å²) >= 11 is 0. The molecular formula is C19H22N2O. The molecule has 0 spiro atoms. The number of aromatic nitrogens is 1. The third kappa shape index (κ3) is 2.30. The number of ether oxygens (including phenoxy) is 1. The number of anilines is 1. The van der Waals surface area contributed by atoms with Gasteiger partial charge in [-0.25, -0.2) is 0 Å². The molecular weight excluding hydrogens is 272 g/mol. The molecule has 1 aromatic carbocycles. The van der Waals surface area contributed by atoms with Crippen LogP contribution in [0.4, 0.5) is 5.69 Å². The van der Waals surface area contributed by atoms with Crippen LogP contribution in [0.5, 0.6) is 0 Å². The molecule has 0 bridgehead atoms. The van der Waals surface area contributed by atoms with Crippen molar-refractivity contribution < 1.29 is 4.74 Å². The van der Waals surface area contributed by atoms with Gasteiger partial charge in [0.15, 0.2) is 0 Å². The maximum atomic E-state index is 6.20. The van der Waals surface area contributed by atoms with E-state index in [-0.39, 0.29) is 6.10 Å². The summed E-state index contributed by atoms with van der Waals surface area (Å²) < 4.78 is 6.20. The highest BCUT2D eigenvalue weighted by molar-refractivity contribution is 5.58. The van der Waals surface area contributed by atoms with Crippen LogP contribution in [-0.2, 0) is 11.2 Å². The number of hydrogen-bond donors (Lipinski definition) is 1. The Morgan fingerprint density at radius 2 is 2.09 bits per heavy atom. The first-order valence-electron chi connectivity index (χ1n) is 8.27. The first-order chi connectivity index (χ1) is 10.9. The van der Waals surface area contributed by atoms with Gasteiger partial charge >= 0.3 is 0 Å². The highest BCUT2D eigenvalue weighted by Gasteiger charge is 2.39. The maximum absolute atomic E-state index is 6.20. The Hall–Kier alpha value is -1.87. The van der Waals surface area contributed by atoms with Gasteiger partial charge in [-0.1, -0.05) is 19.1 Å². The lowest BCUT2D eigenvalue weighted by molar-refractivity contribution is -0.0381. The zero-order chi connectivity index (χ0) is 14.9. The lowest BCUT2D eigenvalue weighted by Crippen LogP contribution is -2.36. The minimum absolute atomic E-state index is 0.217. The molecule has 114 valence electrons. The SMILES string of the molecule is CCc1ccc2c(c1)[C@H]1OCCC[C@H]1[C@@H](c1ccncc1)N2. The van der Waals surface area contributed by atoms with Crippen molar-refractivity contribution in [3.05, 3.63) is 59.4 Å². The molecule has 1 N–H and O–H groups in total. The lowest BCUT2D eigenvalue weighted by atomic mass is 9.77.